The van der Waals surface area contributed by atoms with Crippen LogP contribution in [0.5, 0.6) is 0 Å². The zero-order chi connectivity index (χ0) is 25.5. The molecule has 192 valence electrons. The molecule has 0 fully saturated rings. The van der Waals surface area contributed by atoms with E-state index >= 15 is 0 Å². The van der Waals surface area contributed by atoms with Gasteiger partial charge in [-0.1, -0.05) is 109 Å². The lowest BCUT2D eigenvalue weighted by atomic mass is 10.0. The van der Waals surface area contributed by atoms with Crippen LogP contribution in [-0.4, -0.2) is 41.1 Å². The number of ketones is 2. The van der Waals surface area contributed by atoms with Gasteiger partial charge in [-0.3, -0.25) is 9.59 Å². The highest BCUT2D eigenvalue weighted by atomic mass is 79.9. The highest BCUT2D eigenvalue weighted by Gasteiger charge is 2.19. The number of benzene rings is 4. The average Bonchev–Trinajstić information content (AvgIpc) is 3.37. The van der Waals surface area contributed by atoms with Gasteiger partial charge in [0.1, 0.15) is 0 Å². The van der Waals surface area contributed by atoms with Crippen LogP contribution in [0, 0.1) is 0 Å². The molecular formula is C33H31BrN2O2. The Hall–Kier alpha value is -3.96. The molecule has 5 heteroatoms. The van der Waals surface area contributed by atoms with Gasteiger partial charge in [-0.05, 0) is 35.1 Å². The lowest BCUT2D eigenvalue weighted by molar-refractivity contribution is 0.0921. The van der Waals surface area contributed by atoms with E-state index in [1.807, 2.05) is 107 Å². The van der Waals surface area contributed by atoms with Crippen LogP contribution in [0.4, 0.5) is 0 Å². The van der Waals surface area contributed by atoms with Crippen molar-refractivity contribution in [1.29, 1.82) is 0 Å². The maximum Gasteiger partial charge on any atom is 0.182 e. The minimum Gasteiger partial charge on any atom is -0.351 e. The molecule has 0 atom stereocenters. The van der Waals surface area contributed by atoms with Crippen LogP contribution in [-0.2, 0) is 12.8 Å². The predicted molar refractivity (Wildman–Crippen MR) is 158 cm³/mol. The lowest BCUT2D eigenvalue weighted by Crippen LogP contribution is -2.32. The number of nitrogens with zero attached hydrogens (tertiary/aromatic N) is 2. The number of hydrogen-bond donors (Lipinski definition) is 0. The van der Waals surface area contributed by atoms with E-state index in [4.69, 9.17) is 0 Å². The minimum atomic E-state index is 0. The third kappa shape index (κ3) is 7.30. The van der Waals surface area contributed by atoms with Crippen LogP contribution < -0.4 is 0 Å². The summed E-state index contributed by atoms with van der Waals surface area (Å²) < 4.78 is 0. The van der Waals surface area contributed by atoms with E-state index in [0.29, 0.717) is 17.8 Å². The fourth-order valence-electron chi connectivity index (χ4n) is 4.55. The first-order valence-corrected chi connectivity index (χ1v) is 12.6. The summed E-state index contributed by atoms with van der Waals surface area (Å²) in [5.41, 5.74) is 6.27. The Morgan fingerprint density at radius 2 is 0.842 bits per heavy atom. The molecule has 0 N–H and O–H groups in total. The molecule has 1 heterocycles. The summed E-state index contributed by atoms with van der Waals surface area (Å²) in [5, 5.41) is 0. The van der Waals surface area contributed by atoms with Crippen molar-refractivity contribution in [3.8, 4) is 0 Å². The maximum atomic E-state index is 12.8. The molecule has 4 aromatic rings. The summed E-state index contributed by atoms with van der Waals surface area (Å²) in [4.78, 5) is 29.5. The Balaban J connectivity index is 0.00000336. The molecule has 0 saturated heterocycles. The Labute approximate surface area is 235 Å². The first-order valence-electron chi connectivity index (χ1n) is 12.6. The van der Waals surface area contributed by atoms with E-state index < -0.39 is 0 Å². The largest absolute Gasteiger partial charge is 0.351 e. The predicted octanol–water partition coefficient (Wildman–Crippen LogP) is 6.56. The number of Topliss-reactive ketones (excluding diaryl/α,β-unsaturated/α-hetero) is 2. The van der Waals surface area contributed by atoms with Crippen molar-refractivity contribution in [3.05, 3.63) is 155 Å². The fourth-order valence-corrected chi connectivity index (χ4v) is 4.55. The molecule has 38 heavy (non-hydrogen) atoms. The van der Waals surface area contributed by atoms with Crippen molar-refractivity contribution in [2.45, 2.75) is 12.8 Å². The third-order valence-electron chi connectivity index (χ3n) is 6.60. The highest BCUT2D eigenvalue weighted by molar-refractivity contribution is 8.93. The summed E-state index contributed by atoms with van der Waals surface area (Å²) in [5.74, 6) is 0.135. The van der Waals surface area contributed by atoms with Crippen LogP contribution in [0.3, 0.4) is 0 Å². The molecule has 0 aliphatic carbocycles. The molecule has 1 aliphatic rings. The minimum absolute atomic E-state index is 0. The molecule has 0 spiro atoms. The second kappa shape index (κ2) is 13.0. The molecule has 0 aromatic heterocycles. The summed E-state index contributed by atoms with van der Waals surface area (Å²) in [7, 11) is 0. The molecule has 1 aliphatic heterocycles. The van der Waals surface area contributed by atoms with Gasteiger partial charge in [0.15, 0.2) is 11.6 Å². The van der Waals surface area contributed by atoms with Crippen molar-refractivity contribution < 1.29 is 9.59 Å². The van der Waals surface area contributed by atoms with Gasteiger partial charge in [0, 0.05) is 23.5 Å². The smallest absolute Gasteiger partial charge is 0.182 e. The van der Waals surface area contributed by atoms with Gasteiger partial charge >= 0.3 is 0 Å². The van der Waals surface area contributed by atoms with Crippen molar-refractivity contribution in [2.75, 3.05) is 19.8 Å². The first-order chi connectivity index (χ1) is 18.1. The van der Waals surface area contributed by atoms with Crippen LogP contribution in [0.2, 0.25) is 0 Å². The number of halogens is 1. The Morgan fingerprint density at radius 3 is 1.21 bits per heavy atom. The quantitative estimate of drug-likeness (QED) is 0.204. The summed E-state index contributed by atoms with van der Waals surface area (Å²) in [6.07, 6.45) is 5.47. The average molecular weight is 568 g/mol. The van der Waals surface area contributed by atoms with Gasteiger partial charge in [-0.15, -0.1) is 17.0 Å². The topological polar surface area (TPSA) is 40.6 Å². The maximum absolute atomic E-state index is 12.8. The molecular weight excluding hydrogens is 536 g/mol. The van der Waals surface area contributed by atoms with Gasteiger partial charge in [-0.25, -0.2) is 0 Å². The van der Waals surface area contributed by atoms with Crippen molar-refractivity contribution >= 4 is 28.5 Å². The van der Waals surface area contributed by atoms with Crippen molar-refractivity contribution in [1.82, 2.24) is 9.80 Å². The zero-order valence-corrected chi connectivity index (χ0v) is 22.9. The van der Waals surface area contributed by atoms with Crippen molar-refractivity contribution in [2.24, 2.45) is 0 Å². The SMILES string of the molecule is Br.O=C(CN1C=CN(CC(=O)c2ccc(Cc3ccccc3)cc2)C1)c1ccc(Cc2ccccc2)cc1. The monoisotopic (exact) mass is 566 g/mol. The molecule has 5 rings (SSSR count). The molecule has 0 saturated carbocycles. The number of carbonyl (C=O) groups is 2. The number of rotatable bonds is 10. The first kappa shape index (κ1) is 27.1. The van der Waals surface area contributed by atoms with E-state index in [9.17, 15) is 9.59 Å². The van der Waals surface area contributed by atoms with E-state index in [1.165, 1.54) is 22.3 Å². The van der Waals surface area contributed by atoms with E-state index in [1.54, 1.807) is 0 Å². The fraction of sp³-hybridized carbons (Fsp3) is 0.152. The molecule has 0 radical (unpaired) electrons. The molecule has 0 amide bonds. The van der Waals surface area contributed by atoms with Crippen LogP contribution >= 0.6 is 17.0 Å². The molecule has 4 aromatic carbocycles. The van der Waals surface area contributed by atoms with E-state index in [0.717, 1.165) is 12.8 Å². The van der Waals surface area contributed by atoms with Gasteiger partial charge in [0.2, 0.25) is 0 Å². The summed E-state index contributed by atoms with van der Waals surface area (Å²) in [6.45, 7) is 1.09. The van der Waals surface area contributed by atoms with Crippen LogP contribution in [0.25, 0.3) is 0 Å². The lowest BCUT2D eigenvalue weighted by Gasteiger charge is -2.20. The van der Waals surface area contributed by atoms with Gasteiger partial charge in [-0.2, -0.15) is 0 Å². The standard InChI is InChI=1S/C33H30N2O2.BrH/c36-32(30-15-11-28(12-16-30)21-26-7-3-1-4-8-26)23-34-19-20-35(25-34)24-33(37)31-17-13-29(14-18-31)22-27-9-5-2-6-10-27;/h1-20H,21-25H2;1H. The Kier molecular flexibility index (Phi) is 9.28. The zero-order valence-electron chi connectivity index (χ0n) is 21.2. The highest BCUT2D eigenvalue weighted by Crippen LogP contribution is 2.15. The second-order valence-corrected chi connectivity index (χ2v) is 9.50. The molecule has 0 bridgehead atoms. The normalized spacial score (nSPS) is 12.3. The van der Waals surface area contributed by atoms with Gasteiger partial charge in [0.05, 0.1) is 19.8 Å². The Bertz CT molecular complexity index is 1260. The van der Waals surface area contributed by atoms with E-state index in [-0.39, 0.29) is 41.6 Å². The van der Waals surface area contributed by atoms with Gasteiger partial charge < -0.3 is 9.80 Å². The summed E-state index contributed by atoms with van der Waals surface area (Å²) in [6, 6.07) is 36.3. The Morgan fingerprint density at radius 1 is 0.500 bits per heavy atom. The number of hydrogen-bond acceptors (Lipinski definition) is 4. The number of carbonyl (C=O) groups excluding carboxylic acids is 2. The second-order valence-electron chi connectivity index (χ2n) is 9.50. The third-order valence-corrected chi connectivity index (χ3v) is 6.60. The van der Waals surface area contributed by atoms with Gasteiger partial charge in [0.25, 0.3) is 0 Å². The van der Waals surface area contributed by atoms with E-state index in [2.05, 4.69) is 24.3 Å². The molecule has 4 nitrogen and oxygen atoms in total. The van der Waals surface area contributed by atoms with Crippen LogP contribution in [0.1, 0.15) is 43.0 Å². The van der Waals surface area contributed by atoms with Crippen LogP contribution in [0.15, 0.2) is 122 Å². The van der Waals surface area contributed by atoms with Crippen molar-refractivity contribution in [3.63, 3.8) is 0 Å². The molecule has 0 unspecified atom stereocenters. The summed E-state index contributed by atoms with van der Waals surface area (Å²) >= 11 is 0.